The Morgan fingerprint density at radius 3 is 2.41 bits per heavy atom. The molecule has 0 unspecified atom stereocenters. The molecule has 0 atom stereocenters. The molecule has 0 radical (unpaired) electrons. The molecule has 2 N–H and O–H groups in total. The Morgan fingerprint density at radius 1 is 1.24 bits per heavy atom. The van der Waals surface area contributed by atoms with Gasteiger partial charge in [0, 0.05) is 17.6 Å². The molecule has 1 rings (SSSR count). The van der Waals surface area contributed by atoms with E-state index in [1.165, 1.54) is 4.90 Å². The van der Waals surface area contributed by atoms with Crippen LogP contribution in [0.15, 0.2) is 28.7 Å². The molecule has 0 aliphatic heterocycles. The topological polar surface area (TPSA) is 60.8 Å². The van der Waals surface area contributed by atoms with Crippen LogP contribution < -0.4 is 0 Å². The van der Waals surface area contributed by atoms with Gasteiger partial charge in [0.2, 0.25) is 5.91 Å². The number of aliphatic hydroxyl groups is 2. The molecule has 4 nitrogen and oxygen atoms in total. The lowest BCUT2D eigenvalue weighted by atomic mass is 10.1. The van der Waals surface area contributed by atoms with Crippen LogP contribution >= 0.6 is 15.9 Å². The van der Waals surface area contributed by atoms with Crippen molar-refractivity contribution in [1.29, 1.82) is 0 Å². The third-order valence-corrected chi connectivity index (χ3v) is 2.83. The molecule has 1 aromatic carbocycles. The molecule has 0 aromatic heterocycles. The summed E-state index contributed by atoms with van der Waals surface area (Å²) in [5.41, 5.74) is 0.908. The predicted octanol–water partition coefficient (Wildman–Crippen LogP) is 0.805. The number of rotatable bonds is 6. The Labute approximate surface area is 109 Å². The molecule has 0 fully saturated rings. The minimum absolute atomic E-state index is 0.0915. The molecule has 0 heterocycles. The number of amides is 1. The largest absolute Gasteiger partial charge is 0.395 e. The van der Waals surface area contributed by atoms with E-state index in [2.05, 4.69) is 15.9 Å². The van der Waals surface area contributed by atoms with E-state index in [4.69, 9.17) is 10.2 Å². The van der Waals surface area contributed by atoms with Crippen molar-refractivity contribution >= 4 is 21.8 Å². The predicted molar refractivity (Wildman–Crippen MR) is 68.6 cm³/mol. The highest BCUT2D eigenvalue weighted by molar-refractivity contribution is 9.10. The van der Waals surface area contributed by atoms with Crippen LogP contribution in [0.25, 0.3) is 0 Å². The van der Waals surface area contributed by atoms with Crippen molar-refractivity contribution in [3.8, 4) is 0 Å². The smallest absolute Gasteiger partial charge is 0.227 e. The highest BCUT2D eigenvalue weighted by Crippen LogP contribution is 2.12. The van der Waals surface area contributed by atoms with Gasteiger partial charge in [-0.1, -0.05) is 28.1 Å². The monoisotopic (exact) mass is 301 g/mol. The van der Waals surface area contributed by atoms with Gasteiger partial charge in [-0.2, -0.15) is 0 Å². The summed E-state index contributed by atoms with van der Waals surface area (Å²) in [6.07, 6.45) is 0.277. The maximum Gasteiger partial charge on any atom is 0.227 e. The molecule has 0 spiro atoms. The fourth-order valence-corrected chi connectivity index (χ4v) is 1.98. The molecule has 1 amide bonds. The van der Waals surface area contributed by atoms with Crippen molar-refractivity contribution in [2.75, 3.05) is 26.3 Å². The zero-order valence-electron chi connectivity index (χ0n) is 9.47. The second kappa shape index (κ2) is 7.42. The molecule has 0 bridgehead atoms. The number of benzene rings is 1. The number of nitrogens with zero attached hydrogens (tertiary/aromatic N) is 1. The maximum atomic E-state index is 11.9. The third kappa shape index (κ3) is 4.85. The Hall–Kier alpha value is -0.910. The summed E-state index contributed by atoms with van der Waals surface area (Å²) in [6.45, 7) is 0.329. The summed E-state index contributed by atoms with van der Waals surface area (Å²) in [5, 5.41) is 17.7. The molecule has 0 saturated carbocycles. The van der Waals surface area contributed by atoms with Crippen LogP contribution in [-0.4, -0.2) is 47.3 Å². The molecular formula is C12H16BrNO3. The zero-order valence-corrected chi connectivity index (χ0v) is 11.1. The van der Waals surface area contributed by atoms with Crippen LogP contribution in [0.5, 0.6) is 0 Å². The van der Waals surface area contributed by atoms with Gasteiger partial charge in [0.15, 0.2) is 0 Å². The fourth-order valence-electron chi connectivity index (χ4n) is 1.54. The minimum atomic E-state index is -0.0930. The van der Waals surface area contributed by atoms with Gasteiger partial charge >= 0.3 is 0 Å². The quantitative estimate of drug-likeness (QED) is 0.817. The normalized spacial score (nSPS) is 10.3. The Balaban J connectivity index is 2.62. The summed E-state index contributed by atoms with van der Waals surface area (Å²) >= 11 is 3.35. The summed E-state index contributed by atoms with van der Waals surface area (Å²) in [4.78, 5) is 13.4. The first kappa shape index (κ1) is 14.2. The van der Waals surface area contributed by atoms with E-state index in [0.717, 1.165) is 10.0 Å². The van der Waals surface area contributed by atoms with Gasteiger partial charge in [0.25, 0.3) is 0 Å². The Bertz CT molecular complexity index is 365. The van der Waals surface area contributed by atoms with Gasteiger partial charge in [-0.15, -0.1) is 0 Å². The minimum Gasteiger partial charge on any atom is -0.395 e. The lowest BCUT2D eigenvalue weighted by molar-refractivity contribution is -0.131. The highest BCUT2D eigenvalue weighted by Gasteiger charge is 2.12. The number of aliphatic hydroxyl groups excluding tert-OH is 2. The summed E-state index contributed by atoms with van der Waals surface area (Å²) in [7, 11) is 0. The molecule has 0 aliphatic carbocycles. The van der Waals surface area contributed by atoms with Crippen molar-refractivity contribution in [1.82, 2.24) is 4.90 Å². The number of hydrogen-bond acceptors (Lipinski definition) is 3. The lowest BCUT2D eigenvalue weighted by Gasteiger charge is -2.20. The molecule has 0 saturated heterocycles. The standard InChI is InChI=1S/C12H16BrNO3/c13-11-3-1-2-10(8-11)9-12(17)14(4-6-15)5-7-16/h1-3,8,15-16H,4-7,9H2. The van der Waals surface area contributed by atoms with Crippen molar-refractivity contribution in [3.63, 3.8) is 0 Å². The van der Waals surface area contributed by atoms with Crippen molar-refractivity contribution in [2.45, 2.75) is 6.42 Å². The van der Waals surface area contributed by atoms with E-state index in [1.807, 2.05) is 24.3 Å². The third-order valence-electron chi connectivity index (χ3n) is 2.34. The SMILES string of the molecule is O=C(Cc1cccc(Br)c1)N(CCO)CCO. The fraction of sp³-hybridized carbons (Fsp3) is 0.417. The van der Waals surface area contributed by atoms with Crippen LogP contribution in [0, 0.1) is 0 Å². The first-order valence-electron chi connectivity index (χ1n) is 5.41. The Morgan fingerprint density at radius 2 is 1.88 bits per heavy atom. The molecule has 17 heavy (non-hydrogen) atoms. The van der Waals surface area contributed by atoms with Crippen LogP contribution in [0.4, 0.5) is 0 Å². The number of carbonyl (C=O) groups is 1. The molecule has 1 aromatic rings. The molecule has 5 heteroatoms. The van der Waals surface area contributed by atoms with E-state index < -0.39 is 0 Å². The summed E-state index contributed by atoms with van der Waals surface area (Å²) < 4.78 is 0.929. The van der Waals surface area contributed by atoms with Gasteiger partial charge in [0.05, 0.1) is 19.6 Å². The summed E-state index contributed by atoms with van der Waals surface area (Å²) in [6, 6.07) is 7.52. The van der Waals surface area contributed by atoms with Gasteiger partial charge in [-0.05, 0) is 17.7 Å². The average Bonchev–Trinajstić information content (AvgIpc) is 2.28. The van der Waals surface area contributed by atoms with Gasteiger partial charge in [-0.25, -0.2) is 0 Å². The van der Waals surface area contributed by atoms with E-state index in [1.54, 1.807) is 0 Å². The Kier molecular flexibility index (Phi) is 6.18. The van der Waals surface area contributed by atoms with Crippen LogP contribution in [0.3, 0.4) is 0 Å². The van der Waals surface area contributed by atoms with Gasteiger partial charge in [0.1, 0.15) is 0 Å². The maximum absolute atomic E-state index is 11.9. The van der Waals surface area contributed by atoms with E-state index in [-0.39, 0.29) is 38.6 Å². The van der Waals surface area contributed by atoms with Crippen molar-refractivity contribution < 1.29 is 15.0 Å². The number of hydrogen-bond donors (Lipinski definition) is 2. The van der Waals surface area contributed by atoms with E-state index in [0.29, 0.717) is 0 Å². The summed E-state index contributed by atoms with van der Waals surface area (Å²) in [5.74, 6) is -0.0915. The number of carbonyl (C=O) groups excluding carboxylic acids is 1. The van der Waals surface area contributed by atoms with Crippen molar-refractivity contribution in [2.24, 2.45) is 0 Å². The van der Waals surface area contributed by atoms with E-state index >= 15 is 0 Å². The highest BCUT2D eigenvalue weighted by atomic mass is 79.9. The van der Waals surface area contributed by atoms with Gasteiger partial charge in [-0.3, -0.25) is 4.79 Å². The lowest BCUT2D eigenvalue weighted by Crippen LogP contribution is -2.36. The average molecular weight is 302 g/mol. The van der Waals surface area contributed by atoms with Gasteiger partial charge < -0.3 is 15.1 Å². The first-order chi connectivity index (χ1) is 8.17. The number of halogens is 1. The first-order valence-corrected chi connectivity index (χ1v) is 6.20. The zero-order chi connectivity index (χ0) is 12.7. The molecule has 0 aliphatic rings. The van der Waals surface area contributed by atoms with E-state index in [9.17, 15) is 4.79 Å². The van der Waals surface area contributed by atoms with Crippen LogP contribution in [-0.2, 0) is 11.2 Å². The molecular weight excluding hydrogens is 286 g/mol. The second-order valence-electron chi connectivity index (χ2n) is 3.63. The molecule has 94 valence electrons. The van der Waals surface area contributed by atoms with Crippen molar-refractivity contribution in [3.05, 3.63) is 34.3 Å². The van der Waals surface area contributed by atoms with Crippen LogP contribution in [0.2, 0.25) is 0 Å². The second-order valence-corrected chi connectivity index (χ2v) is 4.55. The van der Waals surface area contributed by atoms with Crippen LogP contribution in [0.1, 0.15) is 5.56 Å².